The lowest BCUT2D eigenvalue weighted by Crippen LogP contribution is -2.27. The summed E-state index contributed by atoms with van der Waals surface area (Å²) in [5.41, 5.74) is -0.463. The summed E-state index contributed by atoms with van der Waals surface area (Å²) in [4.78, 5) is 12.0. The molecule has 0 aromatic rings. The van der Waals surface area contributed by atoms with Crippen LogP contribution in [0.1, 0.15) is 111 Å². The van der Waals surface area contributed by atoms with Gasteiger partial charge in [-0.05, 0) is 32.1 Å². The zero-order valence-electron chi connectivity index (χ0n) is 21.6. The highest BCUT2D eigenvalue weighted by atomic mass is 16.5. The monoisotopic (exact) mass is 457 g/mol. The van der Waals surface area contributed by atoms with Crippen LogP contribution >= 0.6 is 0 Å². The summed E-state index contributed by atoms with van der Waals surface area (Å²) in [7, 11) is 0. The molecule has 1 radical (unpaired) electrons. The first-order chi connectivity index (χ1) is 15.7. The lowest BCUT2D eigenvalue weighted by molar-refractivity contribution is 0.0237. The van der Waals surface area contributed by atoms with Gasteiger partial charge < -0.3 is 18.9 Å². The second-order valence-corrected chi connectivity index (χ2v) is 8.91. The molecule has 0 aromatic carbocycles. The van der Waals surface area contributed by atoms with Crippen LogP contribution in [0.5, 0.6) is 0 Å². The molecule has 0 saturated carbocycles. The average Bonchev–Trinajstić information content (AvgIpc) is 2.81. The van der Waals surface area contributed by atoms with E-state index in [1.165, 1.54) is 38.5 Å². The lowest BCUT2D eigenvalue weighted by atomic mass is 9.78. The van der Waals surface area contributed by atoms with Crippen LogP contribution in [0.2, 0.25) is 0 Å². The van der Waals surface area contributed by atoms with Crippen molar-refractivity contribution in [2.45, 2.75) is 111 Å². The molecule has 0 unspecified atom stereocenters. The van der Waals surface area contributed by atoms with Crippen molar-refractivity contribution in [1.29, 1.82) is 0 Å². The predicted molar refractivity (Wildman–Crippen MR) is 133 cm³/mol. The van der Waals surface area contributed by atoms with E-state index in [1.54, 1.807) is 0 Å². The minimum Gasteiger partial charge on any atom is -0.379 e. The van der Waals surface area contributed by atoms with E-state index >= 15 is 0 Å². The Kier molecular flexibility index (Phi) is 24.8. The van der Waals surface area contributed by atoms with Gasteiger partial charge in [0.15, 0.2) is 0 Å². The van der Waals surface area contributed by atoms with E-state index in [1.807, 2.05) is 0 Å². The first-order valence-corrected chi connectivity index (χ1v) is 13.4. The summed E-state index contributed by atoms with van der Waals surface area (Å²) in [6.07, 6.45) is 17.9. The quantitative estimate of drug-likeness (QED) is 0.129. The van der Waals surface area contributed by atoms with Gasteiger partial charge in [-0.25, -0.2) is 0 Å². The molecule has 0 aliphatic carbocycles. The molecular weight excluding hydrogens is 404 g/mol. The number of unbranched alkanes of at least 4 members (excludes halogenated alkanes) is 8. The van der Waals surface area contributed by atoms with Crippen molar-refractivity contribution >= 4 is 6.29 Å². The Bertz CT molecular complexity index is 355. The van der Waals surface area contributed by atoms with Crippen molar-refractivity contribution in [3.05, 3.63) is 0 Å². The van der Waals surface area contributed by atoms with Crippen LogP contribution in [0.15, 0.2) is 0 Å². The first kappa shape index (κ1) is 31.5. The van der Waals surface area contributed by atoms with Crippen molar-refractivity contribution in [3.8, 4) is 0 Å². The van der Waals surface area contributed by atoms with Gasteiger partial charge in [-0.1, -0.05) is 78.6 Å². The minimum atomic E-state index is -0.463. The summed E-state index contributed by atoms with van der Waals surface area (Å²) >= 11 is 0. The number of carbonyl (C=O) groups excluding carboxylic acids is 1. The zero-order chi connectivity index (χ0) is 23.6. The van der Waals surface area contributed by atoms with E-state index in [0.717, 1.165) is 51.7 Å². The Hall–Kier alpha value is -0.490. The van der Waals surface area contributed by atoms with Crippen molar-refractivity contribution in [2.24, 2.45) is 5.41 Å². The predicted octanol–water partition coefficient (Wildman–Crippen LogP) is 6.67. The molecule has 0 rings (SSSR count). The number of hydrogen-bond acceptors (Lipinski definition) is 5. The van der Waals surface area contributed by atoms with Crippen LogP contribution in [0, 0.1) is 5.41 Å². The van der Waals surface area contributed by atoms with Crippen LogP contribution in [0.25, 0.3) is 0 Å². The third kappa shape index (κ3) is 20.1. The number of ether oxygens (including phenoxy) is 4. The van der Waals surface area contributed by atoms with E-state index in [0.29, 0.717) is 52.5 Å². The van der Waals surface area contributed by atoms with Crippen LogP contribution in [0.3, 0.4) is 0 Å². The van der Waals surface area contributed by atoms with E-state index in [-0.39, 0.29) is 0 Å². The van der Waals surface area contributed by atoms with Crippen LogP contribution < -0.4 is 0 Å². The van der Waals surface area contributed by atoms with Gasteiger partial charge in [0.1, 0.15) is 0 Å². The van der Waals surface area contributed by atoms with Crippen molar-refractivity contribution < 1.29 is 23.7 Å². The fraction of sp³-hybridized carbons (Fsp3) is 0.963. The molecule has 0 atom stereocenters. The molecule has 32 heavy (non-hydrogen) atoms. The Labute approximate surface area is 199 Å². The van der Waals surface area contributed by atoms with E-state index in [2.05, 4.69) is 27.1 Å². The highest BCUT2D eigenvalue weighted by Gasteiger charge is 2.30. The normalized spacial score (nSPS) is 11.8. The van der Waals surface area contributed by atoms with Gasteiger partial charge >= 0.3 is 0 Å². The standard InChI is InChI=1S/C27H53O5/c1-4-7-10-11-12-13-14-15-27(26-28,16-20-31-24-22-29-18-8-5-2)17-21-32-25-23-30-19-9-6-3/h4-25H2,1-3H3. The van der Waals surface area contributed by atoms with Gasteiger partial charge in [-0.15, -0.1) is 0 Å². The van der Waals surface area contributed by atoms with Gasteiger partial charge in [0.05, 0.1) is 26.4 Å². The van der Waals surface area contributed by atoms with Crippen LogP contribution in [-0.4, -0.2) is 59.1 Å². The van der Waals surface area contributed by atoms with Crippen LogP contribution in [-0.2, 0) is 23.7 Å². The highest BCUT2D eigenvalue weighted by molar-refractivity contribution is 5.60. The highest BCUT2D eigenvalue weighted by Crippen LogP contribution is 2.31. The summed E-state index contributed by atoms with van der Waals surface area (Å²) < 4.78 is 22.6. The van der Waals surface area contributed by atoms with E-state index in [4.69, 9.17) is 18.9 Å². The Balaban J connectivity index is 4.24. The average molecular weight is 458 g/mol. The Morgan fingerprint density at radius 3 is 1.31 bits per heavy atom. The molecule has 191 valence electrons. The maximum absolute atomic E-state index is 12.0. The maximum atomic E-state index is 12.0. The molecule has 5 heteroatoms. The van der Waals surface area contributed by atoms with E-state index in [9.17, 15) is 4.79 Å². The molecular formula is C27H53O5. The Morgan fingerprint density at radius 2 is 0.875 bits per heavy atom. The molecule has 0 aliphatic rings. The first-order valence-electron chi connectivity index (χ1n) is 13.4. The Morgan fingerprint density at radius 1 is 0.469 bits per heavy atom. The lowest BCUT2D eigenvalue weighted by Gasteiger charge is -2.27. The zero-order valence-corrected chi connectivity index (χ0v) is 21.6. The van der Waals surface area contributed by atoms with E-state index < -0.39 is 5.41 Å². The van der Waals surface area contributed by atoms with Crippen molar-refractivity contribution in [3.63, 3.8) is 0 Å². The molecule has 0 amide bonds. The molecule has 0 heterocycles. The maximum Gasteiger partial charge on any atom is 0.205 e. The summed E-state index contributed by atoms with van der Waals surface area (Å²) in [5.74, 6) is 0. The molecule has 0 saturated heterocycles. The van der Waals surface area contributed by atoms with Crippen molar-refractivity contribution in [1.82, 2.24) is 0 Å². The van der Waals surface area contributed by atoms with Gasteiger partial charge in [0, 0.05) is 31.8 Å². The van der Waals surface area contributed by atoms with Gasteiger partial charge in [0.25, 0.3) is 0 Å². The van der Waals surface area contributed by atoms with Crippen molar-refractivity contribution in [2.75, 3.05) is 52.9 Å². The third-order valence-electron chi connectivity index (χ3n) is 5.95. The molecule has 0 fully saturated rings. The number of rotatable bonds is 27. The second kappa shape index (κ2) is 25.1. The molecule has 0 aromatic heterocycles. The molecule has 0 aliphatic heterocycles. The van der Waals surface area contributed by atoms with Gasteiger partial charge in [-0.2, -0.15) is 0 Å². The smallest absolute Gasteiger partial charge is 0.205 e. The third-order valence-corrected chi connectivity index (χ3v) is 5.95. The van der Waals surface area contributed by atoms with Gasteiger partial charge in [-0.3, -0.25) is 4.79 Å². The second-order valence-electron chi connectivity index (χ2n) is 8.91. The topological polar surface area (TPSA) is 54.0 Å². The minimum absolute atomic E-state index is 0.463. The molecule has 0 bridgehead atoms. The summed E-state index contributed by atoms with van der Waals surface area (Å²) in [6, 6.07) is 0. The largest absolute Gasteiger partial charge is 0.379 e. The number of hydrogen-bond donors (Lipinski definition) is 0. The fourth-order valence-corrected chi connectivity index (χ4v) is 3.62. The fourth-order valence-electron chi connectivity index (χ4n) is 3.62. The molecule has 0 spiro atoms. The molecule has 0 N–H and O–H groups in total. The van der Waals surface area contributed by atoms with Crippen LogP contribution in [0.4, 0.5) is 0 Å². The molecule has 5 nitrogen and oxygen atoms in total. The SMILES string of the molecule is CCCCCCCCCC([C]=O)(CCOCCOCCCC)CCOCCOCCCC. The summed E-state index contributed by atoms with van der Waals surface area (Å²) in [6.45, 7) is 11.7. The summed E-state index contributed by atoms with van der Waals surface area (Å²) in [5, 5.41) is 0. The van der Waals surface area contributed by atoms with Gasteiger partial charge in [0.2, 0.25) is 6.29 Å².